The Kier molecular flexibility index (Phi) is 9.50. The van der Waals surface area contributed by atoms with E-state index in [1.165, 1.54) is 26.4 Å². The minimum atomic E-state index is -3.64. The Balaban J connectivity index is 0.00000240. The zero-order valence-corrected chi connectivity index (χ0v) is 20.4. The van der Waals surface area contributed by atoms with Crippen LogP contribution in [-0.2, 0) is 16.6 Å². The van der Waals surface area contributed by atoms with Crippen LogP contribution in [-0.4, -0.2) is 42.9 Å². The number of hydrogen-bond acceptors (Lipinski definition) is 4. The molecule has 31 heavy (non-hydrogen) atoms. The number of pyridine rings is 1. The third-order valence-electron chi connectivity index (χ3n) is 4.72. The van der Waals surface area contributed by atoms with Crippen molar-refractivity contribution in [2.45, 2.75) is 18.4 Å². The fraction of sp³-hybridized carbons (Fsp3) is 0.250. The smallest absolute Gasteiger partial charge is 0.244 e. The minimum absolute atomic E-state index is 0. The van der Waals surface area contributed by atoms with Gasteiger partial charge in [-0.1, -0.05) is 17.7 Å². The summed E-state index contributed by atoms with van der Waals surface area (Å²) < 4.78 is 42.2. The second kappa shape index (κ2) is 10.8. The van der Waals surface area contributed by atoms with Crippen molar-refractivity contribution in [3.8, 4) is 11.1 Å². The molecule has 0 saturated heterocycles. The number of nitrogens with two attached hydrogens (primary N) is 1. The largest absolute Gasteiger partial charge is 0.337 e. The number of sulfonamides is 1. The molecule has 0 unspecified atom stereocenters. The number of aromatic nitrogens is 2. The molecular weight excluding hydrogens is 486 g/mol. The lowest BCUT2D eigenvalue weighted by Crippen LogP contribution is -2.22. The van der Waals surface area contributed by atoms with Gasteiger partial charge in [0.1, 0.15) is 10.7 Å². The quantitative estimate of drug-likeness (QED) is 0.528. The molecule has 0 spiro atoms. The molecule has 11 heteroatoms. The maximum absolute atomic E-state index is 14.2. The highest BCUT2D eigenvalue weighted by Gasteiger charge is 2.21. The molecule has 0 aliphatic carbocycles. The molecule has 170 valence electrons. The lowest BCUT2D eigenvalue weighted by molar-refractivity contribution is 0.520. The first-order valence-corrected chi connectivity index (χ1v) is 10.7. The van der Waals surface area contributed by atoms with Crippen molar-refractivity contribution in [1.29, 1.82) is 0 Å². The van der Waals surface area contributed by atoms with E-state index >= 15 is 0 Å². The van der Waals surface area contributed by atoms with Crippen molar-refractivity contribution >= 4 is 57.3 Å². The molecule has 0 atom stereocenters. The van der Waals surface area contributed by atoms with Gasteiger partial charge < -0.3 is 10.3 Å². The maximum atomic E-state index is 14.2. The average Bonchev–Trinajstić information content (AvgIpc) is 2.93. The van der Waals surface area contributed by atoms with Crippen molar-refractivity contribution in [1.82, 2.24) is 13.9 Å². The lowest BCUT2D eigenvalue weighted by atomic mass is 10.0. The Hall–Kier alpha value is -1.68. The normalized spacial score (nSPS) is 12.0. The van der Waals surface area contributed by atoms with Gasteiger partial charge in [0.05, 0.1) is 12.1 Å². The lowest BCUT2D eigenvalue weighted by Gasteiger charge is -2.12. The summed E-state index contributed by atoms with van der Waals surface area (Å²) in [6.07, 6.45) is 4.23. The molecule has 2 heterocycles. The Morgan fingerprint density at radius 2 is 1.94 bits per heavy atom. The second-order valence-corrected chi connectivity index (χ2v) is 9.38. The van der Waals surface area contributed by atoms with Crippen LogP contribution in [0.4, 0.5) is 4.39 Å². The summed E-state index contributed by atoms with van der Waals surface area (Å²) in [5.74, 6) is -0.360. The summed E-state index contributed by atoms with van der Waals surface area (Å²) in [6, 6.07) is 6.93. The molecule has 0 bridgehead atoms. The van der Waals surface area contributed by atoms with E-state index in [9.17, 15) is 12.8 Å². The van der Waals surface area contributed by atoms with Crippen LogP contribution in [0.5, 0.6) is 0 Å². The first-order chi connectivity index (χ1) is 13.7. The van der Waals surface area contributed by atoms with E-state index in [1.807, 2.05) is 13.0 Å². The summed E-state index contributed by atoms with van der Waals surface area (Å²) in [5.41, 5.74) is 8.33. The number of fused-ring (bicyclic) bond motifs is 1. The van der Waals surface area contributed by atoms with Crippen LogP contribution >= 0.6 is 36.4 Å². The SMILES string of the molecule is Cc1c(-c2cncc(S(=O)(=O)N(C)C)c2)c2ccc(Cl)cc2n1C/C(F)=C/CN.Cl.Cl. The van der Waals surface area contributed by atoms with Gasteiger partial charge in [-0.3, -0.25) is 4.98 Å². The molecule has 2 N–H and O–H groups in total. The van der Waals surface area contributed by atoms with Crippen molar-refractivity contribution in [2.75, 3.05) is 20.6 Å². The van der Waals surface area contributed by atoms with Crippen LogP contribution in [0.25, 0.3) is 22.0 Å². The van der Waals surface area contributed by atoms with Gasteiger partial charge in [-0.05, 0) is 31.2 Å². The van der Waals surface area contributed by atoms with Gasteiger partial charge in [-0.2, -0.15) is 0 Å². The fourth-order valence-corrected chi connectivity index (χ4v) is 4.33. The van der Waals surface area contributed by atoms with Crippen molar-refractivity contribution < 1.29 is 12.8 Å². The molecule has 0 saturated carbocycles. The first kappa shape index (κ1) is 27.4. The third-order valence-corrected chi connectivity index (χ3v) is 6.73. The molecule has 1 aromatic carbocycles. The Labute approximate surface area is 198 Å². The standard InChI is InChI=1S/C20H22ClFN4O2S.2ClH/c1-13-20(14-8-17(11-24-10-14)29(27,28)25(2)3)18-5-4-15(21)9-19(18)26(13)12-16(22)6-7-23;;/h4-6,8-11H,7,12,23H2,1-3H3;2*1H/b16-6-;;. The van der Waals surface area contributed by atoms with E-state index in [2.05, 4.69) is 4.98 Å². The number of allylic oxidation sites excluding steroid dienone is 1. The van der Waals surface area contributed by atoms with Crippen molar-refractivity contribution in [2.24, 2.45) is 5.73 Å². The van der Waals surface area contributed by atoms with Gasteiger partial charge in [0.15, 0.2) is 0 Å². The summed E-state index contributed by atoms with van der Waals surface area (Å²) >= 11 is 6.18. The topological polar surface area (TPSA) is 81.2 Å². The average molecular weight is 510 g/mol. The van der Waals surface area contributed by atoms with Gasteiger partial charge >= 0.3 is 0 Å². The molecule has 3 rings (SSSR count). The number of rotatable bonds is 6. The molecule has 2 aromatic heterocycles. The molecule has 0 fully saturated rings. The van der Waals surface area contributed by atoms with Gasteiger partial charge in [-0.15, -0.1) is 24.8 Å². The van der Waals surface area contributed by atoms with Gasteiger partial charge in [0.2, 0.25) is 10.0 Å². The van der Waals surface area contributed by atoms with E-state index in [1.54, 1.807) is 29.0 Å². The molecule has 3 aromatic rings. The second-order valence-electron chi connectivity index (χ2n) is 6.79. The Bertz CT molecular complexity index is 1210. The molecular formula is C20H24Cl3FN4O2S. The maximum Gasteiger partial charge on any atom is 0.244 e. The number of benzene rings is 1. The highest BCUT2D eigenvalue weighted by molar-refractivity contribution is 7.89. The van der Waals surface area contributed by atoms with Gasteiger partial charge in [0, 0.05) is 60.3 Å². The van der Waals surface area contributed by atoms with E-state index < -0.39 is 10.0 Å². The summed E-state index contributed by atoms with van der Waals surface area (Å²) in [5, 5.41) is 1.35. The number of hydrogen-bond donors (Lipinski definition) is 1. The van der Waals surface area contributed by atoms with Crippen molar-refractivity contribution in [3.63, 3.8) is 0 Å². The van der Waals surface area contributed by atoms with Gasteiger partial charge in [0.25, 0.3) is 0 Å². The number of nitrogens with zero attached hydrogens (tertiary/aromatic N) is 3. The Morgan fingerprint density at radius 3 is 2.55 bits per heavy atom. The zero-order valence-electron chi connectivity index (χ0n) is 17.2. The molecule has 0 amide bonds. The highest BCUT2D eigenvalue weighted by Crippen LogP contribution is 2.37. The van der Waals surface area contributed by atoms with E-state index in [0.29, 0.717) is 10.6 Å². The van der Waals surface area contributed by atoms with Crippen LogP contribution in [0.15, 0.2) is 53.5 Å². The third kappa shape index (κ3) is 5.39. The highest BCUT2D eigenvalue weighted by atomic mass is 35.5. The van der Waals surface area contributed by atoms with Crippen LogP contribution in [0.1, 0.15) is 5.69 Å². The van der Waals surface area contributed by atoms with Crippen LogP contribution in [0, 0.1) is 6.92 Å². The van der Waals surface area contributed by atoms with Gasteiger partial charge in [-0.25, -0.2) is 17.1 Å². The van der Waals surface area contributed by atoms with Crippen LogP contribution in [0.2, 0.25) is 5.02 Å². The van der Waals surface area contributed by atoms with Crippen molar-refractivity contribution in [3.05, 3.63) is 59.3 Å². The first-order valence-electron chi connectivity index (χ1n) is 8.87. The van der Waals surface area contributed by atoms with E-state index in [4.69, 9.17) is 17.3 Å². The fourth-order valence-electron chi connectivity index (χ4n) is 3.27. The molecule has 0 aliphatic heterocycles. The number of halogens is 4. The molecule has 6 nitrogen and oxygen atoms in total. The van der Waals surface area contributed by atoms with E-state index in [0.717, 1.165) is 26.5 Å². The monoisotopic (exact) mass is 508 g/mol. The summed E-state index contributed by atoms with van der Waals surface area (Å²) in [4.78, 5) is 4.22. The molecule has 0 aliphatic rings. The van der Waals surface area contributed by atoms with E-state index in [-0.39, 0.29) is 48.6 Å². The summed E-state index contributed by atoms with van der Waals surface area (Å²) in [7, 11) is -0.708. The molecule has 0 radical (unpaired) electrons. The predicted octanol–water partition coefficient (Wildman–Crippen LogP) is 4.57. The minimum Gasteiger partial charge on any atom is -0.337 e. The van der Waals surface area contributed by atoms with Crippen LogP contribution < -0.4 is 5.73 Å². The Morgan fingerprint density at radius 1 is 1.26 bits per heavy atom. The van der Waals surface area contributed by atoms with Crippen LogP contribution in [0.3, 0.4) is 0 Å². The zero-order chi connectivity index (χ0) is 21.3. The summed E-state index contributed by atoms with van der Waals surface area (Å²) in [6.45, 7) is 1.96. The predicted molar refractivity (Wildman–Crippen MR) is 129 cm³/mol.